The summed E-state index contributed by atoms with van der Waals surface area (Å²) in [6.07, 6.45) is 2.24. The summed E-state index contributed by atoms with van der Waals surface area (Å²) in [7, 11) is 1.40. The van der Waals surface area contributed by atoms with Gasteiger partial charge in [-0.25, -0.2) is 9.79 Å². The Morgan fingerprint density at radius 1 is 1.46 bits per heavy atom. The van der Waals surface area contributed by atoms with Crippen molar-refractivity contribution in [2.24, 2.45) is 4.99 Å². The van der Waals surface area contributed by atoms with Crippen LogP contribution in [0.25, 0.3) is 0 Å². The van der Waals surface area contributed by atoms with Gasteiger partial charge in [0.25, 0.3) is 0 Å². The quantitative estimate of drug-likeness (QED) is 0.342. The molecular formula is C7H14NO4Si. The number of hydrogen-bond donors (Lipinski definition) is 0. The Bertz CT molecular complexity index is 168. The number of isocyanates is 1. The molecule has 5 nitrogen and oxygen atoms in total. The SMILES string of the molecule is CCC(CO[Si](OC)OC)N=C=O. The number of carbonyl (C=O) groups excluding carboxylic acids is 1. The monoisotopic (exact) mass is 204 g/mol. The van der Waals surface area contributed by atoms with E-state index in [9.17, 15) is 4.79 Å². The first-order chi connectivity index (χ1) is 6.28. The molecule has 0 spiro atoms. The van der Waals surface area contributed by atoms with Gasteiger partial charge in [-0.15, -0.1) is 0 Å². The molecule has 0 aliphatic rings. The highest BCUT2D eigenvalue weighted by Gasteiger charge is 2.17. The van der Waals surface area contributed by atoms with Crippen LogP contribution >= 0.6 is 0 Å². The Morgan fingerprint density at radius 2 is 2.08 bits per heavy atom. The van der Waals surface area contributed by atoms with Crippen molar-refractivity contribution in [3.05, 3.63) is 0 Å². The van der Waals surface area contributed by atoms with Gasteiger partial charge in [0.2, 0.25) is 6.08 Å². The molecule has 13 heavy (non-hydrogen) atoms. The molecule has 0 heterocycles. The van der Waals surface area contributed by atoms with Gasteiger partial charge in [0, 0.05) is 14.2 Å². The highest BCUT2D eigenvalue weighted by Crippen LogP contribution is 1.99. The average Bonchev–Trinajstić information content (AvgIpc) is 2.17. The lowest BCUT2D eigenvalue weighted by molar-refractivity contribution is 0.128. The highest BCUT2D eigenvalue weighted by atomic mass is 28.3. The van der Waals surface area contributed by atoms with Crippen molar-refractivity contribution in [2.45, 2.75) is 19.4 Å². The van der Waals surface area contributed by atoms with Crippen molar-refractivity contribution in [2.75, 3.05) is 20.8 Å². The van der Waals surface area contributed by atoms with Gasteiger partial charge < -0.3 is 13.3 Å². The minimum absolute atomic E-state index is 0.150. The largest absolute Gasteiger partial charge is 0.577 e. The van der Waals surface area contributed by atoms with Gasteiger partial charge in [0.1, 0.15) is 0 Å². The number of aliphatic imine (C=N–C) groups is 1. The third kappa shape index (κ3) is 5.68. The lowest BCUT2D eigenvalue weighted by atomic mass is 10.3. The normalized spacial score (nSPS) is 12.6. The molecule has 1 atom stereocenters. The summed E-state index contributed by atoms with van der Waals surface area (Å²) in [4.78, 5) is 13.5. The van der Waals surface area contributed by atoms with Gasteiger partial charge >= 0.3 is 9.53 Å². The smallest absolute Gasteiger partial charge is 0.375 e. The van der Waals surface area contributed by atoms with Crippen LogP contribution in [0.4, 0.5) is 0 Å². The second-order valence-electron chi connectivity index (χ2n) is 2.25. The molecule has 0 aromatic heterocycles. The van der Waals surface area contributed by atoms with E-state index in [1.807, 2.05) is 6.92 Å². The van der Waals surface area contributed by atoms with Crippen LogP contribution in [0.3, 0.4) is 0 Å². The highest BCUT2D eigenvalue weighted by molar-refractivity contribution is 6.36. The minimum Gasteiger partial charge on any atom is -0.375 e. The summed E-state index contributed by atoms with van der Waals surface area (Å²) < 4.78 is 15.0. The molecule has 0 rings (SSSR count). The van der Waals surface area contributed by atoms with E-state index < -0.39 is 9.53 Å². The molecule has 1 radical (unpaired) electrons. The zero-order valence-corrected chi connectivity index (χ0v) is 9.07. The Hall–Kier alpha value is -0.523. The van der Waals surface area contributed by atoms with Crippen LogP contribution in [0, 0.1) is 0 Å². The van der Waals surface area contributed by atoms with Crippen molar-refractivity contribution in [1.82, 2.24) is 0 Å². The first-order valence-electron chi connectivity index (χ1n) is 3.93. The maximum absolute atomic E-state index is 9.96. The van der Waals surface area contributed by atoms with E-state index in [0.29, 0.717) is 6.61 Å². The second kappa shape index (κ2) is 8.09. The molecule has 0 aliphatic carbocycles. The summed E-state index contributed by atoms with van der Waals surface area (Å²) in [6.45, 7) is 2.25. The molecule has 0 fully saturated rings. The Labute approximate surface area is 79.7 Å². The van der Waals surface area contributed by atoms with Crippen molar-refractivity contribution in [3.8, 4) is 0 Å². The van der Waals surface area contributed by atoms with Crippen LogP contribution in [0.1, 0.15) is 13.3 Å². The molecule has 6 heteroatoms. The summed E-state index contributed by atoms with van der Waals surface area (Å²) in [5.74, 6) is 0. The van der Waals surface area contributed by atoms with E-state index in [4.69, 9.17) is 13.3 Å². The topological polar surface area (TPSA) is 57.1 Å². The number of rotatable bonds is 7. The molecule has 0 aromatic rings. The van der Waals surface area contributed by atoms with Crippen molar-refractivity contribution >= 4 is 15.6 Å². The fraction of sp³-hybridized carbons (Fsp3) is 0.857. The molecule has 1 unspecified atom stereocenters. The van der Waals surface area contributed by atoms with E-state index in [1.54, 1.807) is 0 Å². The Kier molecular flexibility index (Phi) is 7.77. The standard InChI is InChI=1S/C7H14NO4Si/c1-4-7(8-6-9)5-12-13(10-2)11-3/h7H,4-5H2,1-3H3. The summed E-state index contributed by atoms with van der Waals surface area (Å²) in [5.41, 5.74) is 0. The van der Waals surface area contributed by atoms with Gasteiger partial charge in [0.05, 0.1) is 12.6 Å². The maximum atomic E-state index is 9.96. The molecule has 0 saturated carbocycles. The Balaban J connectivity index is 3.75. The lowest BCUT2D eigenvalue weighted by Crippen LogP contribution is -2.28. The predicted molar refractivity (Wildman–Crippen MR) is 47.9 cm³/mol. The first kappa shape index (κ1) is 12.5. The van der Waals surface area contributed by atoms with Crippen LogP contribution in [0.5, 0.6) is 0 Å². The van der Waals surface area contributed by atoms with E-state index in [1.165, 1.54) is 20.3 Å². The fourth-order valence-electron chi connectivity index (χ4n) is 0.686. The minimum atomic E-state index is -1.64. The first-order valence-corrected chi connectivity index (χ1v) is 5.15. The van der Waals surface area contributed by atoms with Crippen molar-refractivity contribution in [1.29, 1.82) is 0 Å². The summed E-state index contributed by atoms with van der Waals surface area (Å²) in [6, 6.07) is -0.150. The number of hydrogen-bond acceptors (Lipinski definition) is 5. The van der Waals surface area contributed by atoms with Gasteiger partial charge in [0.15, 0.2) is 0 Å². The van der Waals surface area contributed by atoms with Crippen LogP contribution in [0.15, 0.2) is 4.99 Å². The fourth-order valence-corrected chi connectivity index (χ4v) is 1.42. The summed E-state index contributed by atoms with van der Waals surface area (Å²) in [5, 5.41) is 0. The van der Waals surface area contributed by atoms with Crippen molar-refractivity contribution in [3.63, 3.8) is 0 Å². The molecule has 0 aromatic carbocycles. The zero-order chi connectivity index (χ0) is 10.1. The van der Waals surface area contributed by atoms with Gasteiger partial charge in [-0.1, -0.05) is 6.92 Å². The van der Waals surface area contributed by atoms with Gasteiger partial charge in [-0.2, -0.15) is 0 Å². The van der Waals surface area contributed by atoms with Crippen LogP contribution in [-0.2, 0) is 18.1 Å². The lowest BCUT2D eigenvalue weighted by Gasteiger charge is -2.12. The third-order valence-electron chi connectivity index (χ3n) is 1.43. The second-order valence-corrected chi connectivity index (χ2v) is 3.86. The van der Waals surface area contributed by atoms with Crippen LogP contribution in [0.2, 0.25) is 0 Å². The maximum Gasteiger partial charge on any atom is 0.577 e. The average molecular weight is 204 g/mol. The molecule has 0 saturated heterocycles. The number of nitrogens with zero attached hydrogens (tertiary/aromatic N) is 1. The summed E-state index contributed by atoms with van der Waals surface area (Å²) >= 11 is 0. The molecular weight excluding hydrogens is 190 g/mol. The van der Waals surface area contributed by atoms with Crippen LogP contribution < -0.4 is 0 Å². The third-order valence-corrected chi connectivity index (χ3v) is 2.50. The van der Waals surface area contributed by atoms with Crippen LogP contribution in [-0.4, -0.2) is 42.5 Å². The van der Waals surface area contributed by atoms with Gasteiger partial charge in [-0.3, -0.25) is 0 Å². The molecule has 0 bridgehead atoms. The van der Waals surface area contributed by atoms with Gasteiger partial charge in [-0.05, 0) is 6.42 Å². The van der Waals surface area contributed by atoms with E-state index >= 15 is 0 Å². The van der Waals surface area contributed by atoms with Crippen molar-refractivity contribution < 1.29 is 18.1 Å². The Morgan fingerprint density at radius 3 is 2.46 bits per heavy atom. The van der Waals surface area contributed by atoms with E-state index in [2.05, 4.69) is 4.99 Å². The van der Waals surface area contributed by atoms with E-state index in [0.717, 1.165) is 6.42 Å². The van der Waals surface area contributed by atoms with E-state index in [-0.39, 0.29) is 6.04 Å². The predicted octanol–water partition coefficient (Wildman–Crippen LogP) is 0.395. The molecule has 75 valence electrons. The zero-order valence-electron chi connectivity index (χ0n) is 8.07. The molecule has 0 aliphatic heterocycles. The molecule has 0 amide bonds. The molecule has 0 N–H and O–H groups in total.